The van der Waals surface area contributed by atoms with Crippen LogP contribution in [-0.2, 0) is 10.0 Å². The quantitative estimate of drug-likeness (QED) is 0.649. The van der Waals surface area contributed by atoms with Gasteiger partial charge >= 0.3 is 0 Å². The van der Waals surface area contributed by atoms with Gasteiger partial charge in [-0.2, -0.15) is 0 Å². The topological polar surface area (TPSA) is 103 Å². The Hall–Kier alpha value is -3.10. The summed E-state index contributed by atoms with van der Waals surface area (Å²) in [6, 6.07) is 12.3. The van der Waals surface area contributed by atoms with Crippen LogP contribution in [-0.4, -0.2) is 26.0 Å². The zero-order chi connectivity index (χ0) is 22.2. The zero-order valence-electron chi connectivity index (χ0n) is 17.6. The Labute approximate surface area is 176 Å². The van der Waals surface area contributed by atoms with E-state index in [0.29, 0.717) is 11.3 Å². The molecule has 1 amide bonds. The second-order valence-electron chi connectivity index (χ2n) is 7.23. The van der Waals surface area contributed by atoms with E-state index in [1.807, 2.05) is 49.6 Å². The Balaban J connectivity index is 2.01. The summed E-state index contributed by atoms with van der Waals surface area (Å²) in [5.41, 5.74) is 4.93. The maximum absolute atomic E-state index is 13.0. The first kappa shape index (κ1) is 21.6. The minimum Gasteiger partial charge on any atom is -0.497 e. The van der Waals surface area contributed by atoms with Gasteiger partial charge in [0.25, 0.3) is 5.91 Å². The number of sulfonamides is 1. The summed E-state index contributed by atoms with van der Waals surface area (Å²) in [4.78, 5) is 13.0. The normalized spacial score (nSPS) is 11.4. The van der Waals surface area contributed by atoms with Gasteiger partial charge in [-0.3, -0.25) is 4.79 Å². The molecule has 0 bridgehead atoms. The highest BCUT2D eigenvalue weighted by Gasteiger charge is 2.19. The highest BCUT2D eigenvalue weighted by Crippen LogP contribution is 2.27. The van der Waals surface area contributed by atoms with E-state index in [1.54, 1.807) is 20.1 Å². The van der Waals surface area contributed by atoms with Gasteiger partial charge < -0.3 is 14.6 Å². The molecule has 0 atom stereocenters. The van der Waals surface area contributed by atoms with Crippen molar-refractivity contribution in [3.63, 3.8) is 0 Å². The van der Waals surface area contributed by atoms with Gasteiger partial charge in [0.1, 0.15) is 5.75 Å². The largest absolute Gasteiger partial charge is 0.497 e. The van der Waals surface area contributed by atoms with Crippen LogP contribution in [0.3, 0.4) is 0 Å². The van der Waals surface area contributed by atoms with Crippen LogP contribution in [0.4, 0.5) is 5.69 Å². The van der Waals surface area contributed by atoms with E-state index in [0.717, 1.165) is 34.0 Å². The van der Waals surface area contributed by atoms with E-state index in [1.165, 1.54) is 12.1 Å². The molecule has 0 aliphatic heterocycles. The standard InChI is InChI=1S/C22H25N3O4S/c1-13-9-19(30(23,27)28)12-21(15(13)3)24-22(26)20-10-14(2)25(16(20)4)17-7-6-8-18(11-17)29-5/h6-12H,1-5H3,(H,24,26)(H2,23,27,28). The molecule has 3 N–H and O–H groups in total. The summed E-state index contributed by atoms with van der Waals surface area (Å²) in [5, 5.41) is 8.11. The number of carbonyl (C=O) groups is 1. The van der Waals surface area contributed by atoms with Gasteiger partial charge in [-0.1, -0.05) is 6.07 Å². The van der Waals surface area contributed by atoms with E-state index in [4.69, 9.17) is 9.88 Å². The van der Waals surface area contributed by atoms with Gasteiger partial charge in [0.15, 0.2) is 0 Å². The third-order valence-electron chi connectivity index (χ3n) is 5.20. The summed E-state index contributed by atoms with van der Waals surface area (Å²) in [6.07, 6.45) is 0. The van der Waals surface area contributed by atoms with E-state index in [-0.39, 0.29) is 10.8 Å². The number of methoxy groups -OCH3 is 1. The number of rotatable bonds is 5. The molecule has 0 spiro atoms. The molecule has 30 heavy (non-hydrogen) atoms. The molecule has 3 rings (SSSR count). The Morgan fingerprint density at radius 1 is 1.07 bits per heavy atom. The second-order valence-corrected chi connectivity index (χ2v) is 8.79. The number of amides is 1. The molecule has 3 aromatic rings. The molecule has 0 unspecified atom stereocenters. The lowest BCUT2D eigenvalue weighted by molar-refractivity contribution is 0.102. The Bertz CT molecular complexity index is 1240. The molecular weight excluding hydrogens is 402 g/mol. The first-order valence-corrected chi connectivity index (χ1v) is 10.9. The highest BCUT2D eigenvalue weighted by molar-refractivity contribution is 7.89. The Morgan fingerprint density at radius 2 is 1.77 bits per heavy atom. The molecule has 0 saturated carbocycles. The molecule has 0 aliphatic rings. The molecule has 1 heterocycles. The number of nitrogens with one attached hydrogen (secondary N) is 1. The van der Waals surface area contributed by atoms with Crippen molar-refractivity contribution in [2.75, 3.05) is 12.4 Å². The molecule has 8 heteroatoms. The summed E-state index contributed by atoms with van der Waals surface area (Å²) >= 11 is 0. The number of aromatic nitrogens is 1. The lowest BCUT2D eigenvalue weighted by Crippen LogP contribution is -2.17. The van der Waals surface area contributed by atoms with Crippen LogP contribution in [0.1, 0.15) is 32.9 Å². The number of ether oxygens (including phenoxy) is 1. The fourth-order valence-electron chi connectivity index (χ4n) is 3.45. The van der Waals surface area contributed by atoms with Crippen LogP contribution in [0.25, 0.3) is 5.69 Å². The molecule has 0 saturated heterocycles. The number of carbonyl (C=O) groups excluding carboxylic acids is 1. The molecular formula is C22H25N3O4S. The third-order valence-corrected chi connectivity index (χ3v) is 6.10. The maximum atomic E-state index is 13.0. The summed E-state index contributed by atoms with van der Waals surface area (Å²) < 4.78 is 30.8. The van der Waals surface area contributed by atoms with Crippen LogP contribution in [0.15, 0.2) is 47.4 Å². The van der Waals surface area contributed by atoms with Crippen LogP contribution >= 0.6 is 0 Å². The minimum atomic E-state index is -3.89. The molecule has 158 valence electrons. The smallest absolute Gasteiger partial charge is 0.257 e. The fourth-order valence-corrected chi connectivity index (χ4v) is 4.07. The molecule has 0 aliphatic carbocycles. The summed E-state index contributed by atoms with van der Waals surface area (Å²) in [7, 11) is -2.28. The number of nitrogens with two attached hydrogens (primary N) is 1. The zero-order valence-corrected chi connectivity index (χ0v) is 18.4. The summed E-state index contributed by atoms with van der Waals surface area (Å²) in [6.45, 7) is 7.37. The van der Waals surface area contributed by atoms with Crippen molar-refractivity contribution < 1.29 is 17.9 Å². The lowest BCUT2D eigenvalue weighted by Gasteiger charge is -2.13. The van der Waals surface area contributed by atoms with Crippen LogP contribution in [0.2, 0.25) is 0 Å². The number of benzene rings is 2. The molecule has 7 nitrogen and oxygen atoms in total. The van der Waals surface area contributed by atoms with Crippen molar-refractivity contribution in [3.8, 4) is 11.4 Å². The molecule has 0 fully saturated rings. The minimum absolute atomic E-state index is 0.0391. The molecule has 1 aromatic heterocycles. The SMILES string of the molecule is COc1cccc(-n2c(C)cc(C(=O)Nc3cc(S(N)(=O)=O)cc(C)c3C)c2C)c1. The van der Waals surface area contributed by atoms with E-state index < -0.39 is 10.0 Å². The van der Waals surface area contributed by atoms with Gasteiger partial charge in [-0.15, -0.1) is 0 Å². The number of primary sulfonamides is 1. The molecule has 2 aromatic carbocycles. The first-order valence-electron chi connectivity index (χ1n) is 9.31. The number of hydrogen-bond acceptors (Lipinski definition) is 4. The van der Waals surface area contributed by atoms with Gasteiger partial charge in [0, 0.05) is 28.8 Å². The van der Waals surface area contributed by atoms with Crippen LogP contribution < -0.4 is 15.2 Å². The monoisotopic (exact) mass is 427 g/mol. The van der Waals surface area contributed by atoms with Gasteiger partial charge in [-0.25, -0.2) is 13.6 Å². The molecule has 0 radical (unpaired) electrons. The van der Waals surface area contributed by atoms with Crippen molar-refractivity contribution in [3.05, 3.63) is 70.5 Å². The van der Waals surface area contributed by atoms with Crippen LogP contribution in [0, 0.1) is 27.7 Å². The lowest BCUT2D eigenvalue weighted by atomic mass is 10.1. The fraction of sp³-hybridized carbons (Fsp3) is 0.227. The van der Waals surface area contributed by atoms with Gasteiger partial charge in [0.2, 0.25) is 10.0 Å². The van der Waals surface area contributed by atoms with Crippen molar-refractivity contribution in [2.45, 2.75) is 32.6 Å². The number of anilines is 1. The first-order chi connectivity index (χ1) is 14.0. The Morgan fingerprint density at radius 3 is 2.40 bits per heavy atom. The van der Waals surface area contributed by atoms with Crippen LogP contribution in [0.5, 0.6) is 5.75 Å². The highest BCUT2D eigenvalue weighted by atomic mass is 32.2. The predicted molar refractivity (Wildman–Crippen MR) is 117 cm³/mol. The van der Waals surface area contributed by atoms with Crippen molar-refractivity contribution in [2.24, 2.45) is 5.14 Å². The number of nitrogens with zero attached hydrogens (tertiary/aromatic N) is 1. The second kappa shape index (κ2) is 7.97. The van der Waals surface area contributed by atoms with E-state index in [2.05, 4.69) is 5.32 Å². The van der Waals surface area contributed by atoms with Gasteiger partial charge in [-0.05, 0) is 69.2 Å². The summed E-state index contributed by atoms with van der Waals surface area (Å²) in [5.74, 6) is 0.392. The van der Waals surface area contributed by atoms with Crippen molar-refractivity contribution >= 4 is 21.6 Å². The van der Waals surface area contributed by atoms with Gasteiger partial charge in [0.05, 0.1) is 17.6 Å². The Kier molecular flexibility index (Phi) is 5.74. The average Bonchev–Trinajstić information content (AvgIpc) is 2.98. The third kappa shape index (κ3) is 4.10. The number of hydrogen-bond donors (Lipinski definition) is 2. The van der Waals surface area contributed by atoms with Crippen molar-refractivity contribution in [1.29, 1.82) is 0 Å². The average molecular weight is 428 g/mol. The maximum Gasteiger partial charge on any atom is 0.257 e. The predicted octanol–water partition coefficient (Wildman–Crippen LogP) is 3.62. The van der Waals surface area contributed by atoms with Crippen molar-refractivity contribution in [1.82, 2.24) is 4.57 Å². The number of aryl methyl sites for hydroxylation is 2. The van der Waals surface area contributed by atoms with E-state index in [9.17, 15) is 13.2 Å². The van der Waals surface area contributed by atoms with E-state index >= 15 is 0 Å².